The van der Waals surface area contributed by atoms with Crippen molar-refractivity contribution in [3.8, 4) is 5.75 Å². The molecule has 164 valence electrons. The second-order valence-electron chi connectivity index (χ2n) is 7.54. The molecular formula is C21H23F5N2O2. The highest BCUT2D eigenvalue weighted by Gasteiger charge is 2.61. The standard InChI is InChI=1S/C21H23F5N2O2/c22-20(23,24)21(25,26)30-17-10-8-16(9-11-17)19(29,18-14-27-12-13-28-18)15-6-4-2-1-3-5-7-15/h8-15,29H,1-7H2. The quantitative estimate of drug-likeness (QED) is 0.627. The summed E-state index contributed by atoms with van der Waals surface area (Å²) in [4.78, 5) is 8.29. The van der Waals surface area contributed by atoms with Gasteiger partial charge in [0.1, 0.15) is 11.4 Å². The molecule has 1 aliphatic rings. The van der Waals surface area contributed by atoms with Crippen LogP contribution in [0.2, 0.25) is 0 Å². The van der Waals surface area contributed by atoms with Gasteiger partial charge >= 0.3 is 12.3 Å². The van der Waals surface area contributed by atoms with Gasteiger partial charge in [-0.25, -0.2) is 0 Å². The maximum atomic E-state index is 13.2. The van der Waals surface area contributed by atoms with Crippen molar-refractivity contribution in [2.24, 2.45) is 5.92 Å². The van der Waals surface area contributed by atoms with Crippen molar-refractivity contribution in [2.45, 2.75) is 62.8 Å². The van der Waals surface area contributed by atoms with E-state index in [-0.39, 0.29) is 5.92 Å². The molecule has 2 aromatic rings. The lowest BCUT2D eigenvalue weighted by atomic mass is 9.73. The third-order valence-corrected chi connectivity index (χ3v) is 5.52. The van der Waals surface area contributed by atoms with Crippen molar-refractivity contribution < 1.29 is 31.8 Å². The number of alkyl halides is 5. The van der Waals surface area contributed by atoms with Gasteiger partial charge < -0.3 is 9.84 Å². The SMILES string of the molecule is OC(c1ccc(OC(F)(F)C(F)(F)F)cc1)(c1cnccn1)C1CCCCCCC1. The molecule has 0 radical (unpaired) electrons. The number of nitrogens with zero attached hydrogens (tertiary/aromatic N) is 2. The number of hydrogen-bond donors (Lipinski definition) is 1. The lowest BCUT2D eigenvalue weighted by molar-refractivity contribution is -0.360. The summed E-state index contributed by atoms with van der Waals surface area (Å²) in [5, 5.41) is 11.8. The Kier molecular flexibility index (Phi) is 6.59. The highest BCUT2D eigenvalue weighted by atomic mass is 19.4. The maximum Gasteiger partial charge on any atom is 0.499 e. The van der Waals surface area contributed by atoms with Crippen LogP contribution in [0.4, 0.5) is 22.0 Å². The fourth-order valence-electron chi connectivity index (χ4n) is 3.95. The Morgan fingerprint density at radius 1 is 0.867 bits per heavy atom. The molecule has 3 rings (SSSR count). The average Bonchev–Trinajstić information content (AvgIpc) is 2.67. The molecule has 1 atom stereocenters. The summed E-state index contributed by atoms with van der Waals surface area (Å²) in [6.45, 7) is 0. The topological polar surface area (TPSA) is 55.2 Å². The molecule has 4 nitrogen and oxygen atoms in total. The minimum Gasteiger partial charge on any atom is -0.426 e. The molecule has 0 aliphatic heterocycles. The molecule has 30 heavy (non-hydrogen) atoms. The van der Waals surface area contributed by atoms with Crippen molar-refractivity contribution >= 4 is 0 Å². The number of aliphatic hydroxyl groups is 1. The lowest BCUT2D eigenvalue weighted by Gasteiger charge is -2.37. The van der Waals surface area contributed by atoms with E-state index in [4.69, 9.17) is 0 Å². The number of aromatic nitrogens is 2. The van der Waals surface area contributed by atoms with Crippen LogP contribution in [0.1, 0.15) is 56.2 Å². The van der Waals surface area contributed by atoms with Crippen LogP contribution in [0.25, 0.3) is 0 Å². The van der Waals surface area contributed by atoms with E-state index in [0.717, 1.165) is 57.1 Å². The van der Waals surface area contributed by atoms with Gasteiger partial charge in [0.2, 0.25) is 0 Å². The minimum atomic E-state index is -5.83. The summed E-state index contributed by atoms with van der Waals surface area (Å²) < 4.78 is 67.4. The van der Waals surface area contributed by atoms with Crippen molar-refractivity contribution in [1.29, 1.82) is 0 Å². The van der Waals surface area contributed by atoms with Gasteiger partial charge in [0.05, 0.1) is 11.9 Å². The lowest BCUT2D eigenvalue weighted by Crippen LogP contribution is -2.42. The molecule has 1 aromatic carbocycles. The van der Waals surface area contributed by atoms with Gasteiger partial charge in [-0.2, -0.15) is 22.0 Å². The van der Waals surface area contributed by atoms with Gasteiger partial charge in [0.15, 0.2) is 0 Å². The van der Waals surface area contributed by atoms with Crippen molar-refractivity contribution in [1.82, 2.24) is 9.97 Å². The fraction of sp³-hybridized carbons (Fsp3) is 0.524. The van der Waals surface area contributed by atoms with Crippen molar-refractivity contribution in [3.63, 3.8) is 0 Å². The van der Waals surface area contributed by atoms with Crippen molar-refractivity contribution in [2.75, 3.05) is 0 Å². The third kappa shape index (κ3) is 4.71. The van der Waals surface area contributed by atoms with E-state index >= 15 is 0 Å². The first kappa shape index (κ1) is 22.4. The minimum absolute atomic E-state index is 0.196. The largest absolute Gasteiger partial charge is 0.499 e. The number of rotatable bonds is 5. The molecule has 1 saturated carbocycles. The number of hydrogen-bond acceptors (Lipinski definition) is 4. The van der Waals surface area contributed by atoms with Crippen LogP contribution < -0.4 is 4.74 Å². The van der Waals surface area contributed by atoms with Gasteiger partial charge in [-0.05, 0) is 36.5 Å². The predicted octanol–water partition coefficient (Wildman–Crippen LogP) is 5.61. The zero-order valence-corrected chi connectivity index (χ0v) is 16.2. The second-order valence-corrected chi connectivity index (χ2v) is 7.54. The van der Waals surface area contributed by atoms with Crippen LogP contribution in [0.15, 0.2) is 42.9 Å². The van der Waals surface area contributed by atoms with Gasteiger partial charge in [-0.1, -0.05) is 44.2 Å². The Labute approximate surface area is 171 Å². The Balaban J connectivity index is 1.94. The molecule has 1 N–H and O–H groups in total. The Bertz CT molecular complexity index is 806. The normalized spacial score (nSPS) is 18.9. The molecule has 9 heteroatoms. The molecular weight excluding hydrogens is 407 g/mol. The zero-order valence-electron chi connectivity index (χ0n) is 16.2. The molecule has 0 amide bonds. The highest BCUT2D eigenvalue weighted by molar-refractivity contribution is 5.37. The predicted molar refractivity (Wildman–Crippen MR) is 98.9 cm³/mol. The summed E-state index contributed by atoms with van der Waals surface area (Å²) in [6, 6.07) is 4.60. The van der Waals surface area contributed by atoms with Crippen LogP contribution in [0.3, 0.4) is 0 Å². The monoisotopic (exact) mass is 430 g/mol. The Morgan fingerprint density at radius 2 is 1.47 bits per heavy atom. The summed E-state index contributed by atoms with van der Waals surface area (Å²) in [5.74, 6) is -0.849. The van der Waals surface area contributed by atoms with E-state index in [1.54, 1.807) is 0 Å². The van der Waals surface area contributed by atoms with Gasteiger partial charge in [0, 0.05) is 12.4 Å². The van der Waals surface area contributed by atoms with Gasteiger partial charge in [-0.15, -0.1) is 0 Å². The molecule has 1 heterocycles. The molecule has 0 bridgehead atoms. The van der Waals surface area contributed by atoms with Crippen LogP contribution in [-0.4, -0.2) is 27.4 Å². The summed E-state index contributed by atoms with van der Waals surface area (Å²) in [7, 11) is 0. The maximum absolute atomic E-state index is 13.2. The van der Waals surface area contributed by atoms with E-state index in [0.29, 0.717) is 11.3 Å². The molecule has 1 aromatic heterocycles. The van der Waals surface area contributed by atoms with Crippen LogP contribution in [0, 0.1) is 5.92 Å². The van der Waals surface area contributed by atoms with E-state index in [1.165, 1.54) is 30.7 Å². The van der Waals surface area contributed by atoms with E-state index < -0.39 is 23.6 Å². The third-order valence-electron chi connectivity index (χ3n) is 5.52. The molecule has 1 unspecified atom stereocenters. The van der Waals surface area contributed by atoms with Gasteiger partial charge in [-0.3, -0.25) is 9.97 Å². The van der Waals surface area contributed by atoms with Crippen molar-refractivity contribution in [3.05, 3.63) is 54.1 Å². The zero-order chi connectivity index (χ0) is 21.8. The number of halogens is 5. The first-order valence-corrected chi connectivity index (χ1v) is 9.87. The smallest absolute Gasteiger partial charge is 0.426 e. The van der Waals surface area contributed by atoms with E-state index in [9.17, 15) is 27.1 Å². The van der Waals surface area contributed by atoms with Crippen LogP contribution >= 0.6 is 0 Å². The average molecular weight is 430 g/mol. The summed E-state index contributed by atoms with van der Waals surface area (Å²) in [6.07, 6.45) is -0.230. The fourth-order valence-corrected chi connectivity index (χ4v) is 3.95. The molecule has 0 spiro atoms. The summed E-state index contributed by atoms with van der Waals surface area (Å²) in [5.41, 5.74) is -0.891. The highest BCUT2D eigenvalue weighted by Crippen LogP contribution is 2.43. The second kappa shape index (κ2) is 8.83. The Hall–Kier alpha value is -2.29. The van der Waals surface area contributed by atoms with Gasteiger partial charge in [0.25, 0.3) is 0 Å². The first-order chi connectivity index (χ1) is 14.1. The number of ether oxygens (including phenoxy) is 1. The molecule has 1 fully saturated rings. The molecule has 1 aliphatic carbocycles. The Morgan fingerprint density at radius 3 is 2.00 bits per heavy atom. The van der Waals surface area contributed by atoms with Crippen LogP contribution in [-0.2, 0) is 5.60 Å². The van der Waals surface area contributed by atoms with Crippen LogP contribution in [0.5, 0.6) is 5.75 Å². The van der Waals surface area contributed by atoms with E-state index in [1.807, 2.05) is 0 Å². The van der Waals surface area contributed by atoms with E-state index in [2.05, 4.69) is 14.7 Å². The summed E-state index contributed by atoms with van der Waals surface area (Å²) >= 11 is 0. The number of benzene rings is 1. The first-order valence-electron chi connectivity index (χ1n) is 9.87. The molecule has 0 saturated heterocycles.